The van der Waals surface area contributed by atoms with E-state index in [2.05, 4.69) is 48.4 Å². The molecule has 1 aliphatic rings. The molecule has 0 bridgehead atoms. The lowest BCUT2D eigenvalue weighted by Gasteiger charge is -2.07. The molecule has 1 amide bonds. The maximum atomic E-state index is 12.4. The molecular weight excluding hydrogens is 328 g/mol. The molecule has 1 heterocycles. The van der Waals surface area contributed by atoms with Crippen LogP contribution in [-0.4, -0.2) is 11.1 Å². The molecule has 0 saturated carbocycles. The van der Waals surface area contributed by atoms with E-state index < -0.39 is 0 Å². The van der Waals surface area contributed by atoms with Crippen molar-refractivity contribution < 1.29 is 4.79 Å². The summed E-state index contributed by atoms with van der Waals surface area (Å²) < 4.78 is 0. The Morgan fingerprint density at radius 1 is 0.960 bits per heavy atom. The van der Waals surface area contributed by atoms with E-state index in [4.69, 9.17) is 0 Å². The number of carbonyl (C=O) groups is 1. The molecule has 1 aliphatic heterocycles. The van der Waals surface area contributed by atoms with Crippen molar-refractivity contribution in [2.45, 2.75) is 34.6 Å². The standard InChI is InChI=1S/C21H22N2OS/c1-12-6-7-14(3)18(10-12)22-21-23-20(24)19(25-21)16(5)17-9-8-13(2)15(4)11-17/h6-11H,1-5H3,(H,22,23,24)/b19-16-. The SMILES string of the molecule is C/C(=C1/SC(=Nc2cc(C)ccc2C)NC1=O)c1ccc(C)c(C)c1. The Hall–Kier alpha value is -2.33. The molecule has 25 heavy (non-hydrogen) atoms. The summed E-state index contributed by atoms with van der Waals surface area (Å²) >= 11 is 1.41. The average molecular weight is 350 g/mol. The molecule has 3 nitrogen and oxygen atoms in total. The number of amides is 1. The van der Waals surface area contributed by atoms with Crippen molar-refractivity contribution in [3.8, 4) is 0 Å². The summed E-state index contributed by atoms with van der Waals surface area (Å²) in [6.07, 6.45) is 0. The minimum atomic E-state index is -0.0789. The summed E-state index contributed by atoms with van der Waals surface area (Å²) in [4.78, 5) is 17.8. The molecule has 1 saturated heterocycles. The predicted molar refractivity (Wildman–Crippen MR) is 107 cm³/mol. The first kappa shape index (κ1) is 17.5. The summed E-state index contributed by atoms with van der Waals surface area (Å²) in [6.45, 7) is 10.2. The Balaban J connectivity index is 1.95. The third-order valence-electron chi connectivity index (χ3n) is 4.49. The van der Waals surface area contributed by atoms with Crippen LogP contribution in [0.25, 0.3) is 5.57 Å². The molecule has 0 spiro atoms. The fourth-order valence-corrected chi connectivity index (χ4v) is 3.57. The predicted octanol–water partition coefficient (Wildman–Crippen LogP) is 5.20. The molecule has 0 radical (unpaired) electrons. The summed E-state index contributed by atoms with van der Waals surface area (Å²) in [6, 6.07) is 12.4. The molecule has 0 atom stereocenters. The van der Waals surface area contributed by atoms with E-state index in [-0.39, 0.29) is 5.91 Å². The lowest BCUT2D eigenvalue weighted by molar-refractivity contribution is -0.115. The number of amidine groups is 1. The van der Waals surface area contributed by atoms with Gasteiger partial charge in [-0.15, -0.1) is 0 Å². The molecule has 0 unspecified atom stereocenters. The van der Waals surface area contributed by atoms with E-state index in [1.165, 1.54) is 22.9 Å². The second kappa shape index (κ2) is 6.89. The zero-order chi connectivity index (χ0) is 18.1. The molecule has 2 aromatic rings. The number of aliphatic imine (C=N–C) groups is 1. The van der Waals surface area contributed by atoms with Gasteiger partial charge in [0, 0.05) is 0 Å². The van der Waals surface area contributed by atoms with Gasteiger partial charge >= 0.3 is 0 Å². The van der Waals surface area contributed by atoms with Crippen LogP contribution in [0.15, 0.2) is 46.3 Å². The van der Waals surface area contributed by atoms with E-state index >= 15 is 0 Å². The van der Waals surface area contributed by atoms with Crippen molar-refractivity contribution in [1.29, 1.82) is 0 Å². The third-order valence-corrected chi connectivity index (χ3v) is 5.57. The smallest absolute Gasteiger partial charge is 0.264 e. The van der Waals surface area contributed by atoms with E-state index in [0.29, 0.717) is 10.1 Å². The normalized spacial score (nSPS) is 17.8. The van der Waals surface area contributed by atoms with Gasteiger partial charge in [0.05, 0.1) is 10.6 Å². The van der Waals surface area contributed by atoms with Gasteiger partial charge in [-0.3, -0.25) is 4.79 Å². The number of nitrogens with one attached hydrogen (secondary N) is 1. The molecule has 0 aliphatic carbocycles. The number of aryl methyl sites for hydroxylation is 4. The zero-order valence-electron chi connectivity index (χ0n) is 15.2. The molecule has 2 aromatic carbocycles. The molecule has 128 valence electrons. The van der Waals surface area contributed by atoms with Crippen LogP contribution in [0.4, 0.5) is 5.69 Å². The van der Waals surface area contributed by atoms with Crippen molar-refractivity contribution in [3.05, 3.63) is 69.1 Å². The van der Waals surface area contributed by atoms with Crippen LogP contribution in [0.5, 0.6) is 0 Å². The number of nitrogens with zero attached hydrogens (tertiary/aromatic N) is 1. The van der Waals surface area contributed by atoms with Gasteiger partial charge in [0.1, 0.15) is 0 Å². The van der Waals surface area contributed by atoms with Crippen LogP contribution in [-0.2, 0) is 4.79 Å². The highest BCUT2D eigenvalue weighted by Gasteiger charge is 2.26. The largest absolute Gasteiger partial charge is 0.300 e. The lowest BCUT2D eigenvalue weighted by atomic mass is 10.0. The van der Waals surface area contributed by atoms with Gasteiger partial charge in [-0.2, -0.15) is 0 Å². The summed E-state index contributed by atoms with van der Waals surface area (Å²) in [7, 11) is 0. The van der Waals surface area contributed by atoms with Gasteiger partial charge in [0.25, 0.3) is 5.91 Å². The van der Waals surface area contributed by atoms with Crippen LogP contribution in [0.2, 0.25) is 0 Å². The van der Waals surface area contributed by atoms with Gasteiger partial charge in [-0.05, 0) is 85.8 Å². The summed E-state index contributed by atoms with van der Waals surface area (Å²) in [5.41, 5.74) is 7.68. The minimum absolute atomic E-state index is 0.0789. The number of hydrogen-bond donors (Lipinski definition) is 1. The number of carbonyl (C=O) groups excluding carboxylic acids is 1. The molecule has 1 fully saturated rings. The van der Waals surface area contributed by atoms with Crippen LogP contribution in [0.1, 0.15) is 34.7 Å². The van der Waals surface area contributed by atoms with Gasteiger partial charge < -0.3 is 5.32 Å². The topological polar surface area (TPSA) is 41.5 Å². The van der Waals surface area contributed by atoms with Crippen LogP contribution < -0.4 is 5.32 Å². The summed E-state index contributed by atoms with van der Waals surface area (Å²) in [5, 5.41) is 3.53. The number of benzene rings is 2. The first-order valence-electron chi connectivity index (χ1n) is 8.29. The van der Waals surface area contributed by atoms with E-state index in [9.17, 15) is 4.79 Å². The van der Waals surface area contributed by atoms with Crippen molar-refractivity contribution in [2.75, 3.05) is 0 Å². The van der Waals surface area contributed by atoms with Crippen LogP contribution >= 0.6 is 11.8 Å². The molecule has 4 heteroatoms. The number of rotatable bonds is 2. The van der Waals surface area contributed by atoms with Crippen LogP contribution in [0, 0.1) is 27.7 Å². The molecular formula is C21H22N2OS. The number of allylic oxidation sites excluding steroid dienone is 1. The third kappa shape index (κ3) is 3.69. The van der Waals surface area contributed by atoms with E-state index in [1.54, 1.807) is 0 Å². The fourth-order valence-electron chi connectivity index (χ4n) is 2.68. The average Bonchev–Trinajstić information content (AvgIpc) is 2.93. The Morgan fingerprint density at radius 2 is 1.68 bits per heavy atom. The van der Waals surface area contributed by atoms with Crippen LogP contribution in [0.3, 0.4) is 0 Å². The molecule has 1 N–H and O–H groups in total. The highest BCUT2D eigenvalue weighted by atomic mass is 32.2. The van der Waals surface area contributed by atoms with Gasteiger partial charge in [0.2, 0.25) is 0 Å². The van der Waals surface area contributed by atoms with Gasteiger partial charge in [0.15, 0.2) is 5.17 Å². The van der Waals surface area contributed by atoms with Crippen molar-refractivity contribution in [2.24, 2.45) is 4.99 Å². The minimum Gasteiger partial charge on any atom is -0.300 e. The zero-order valence-corrected chi connectivity index (χ0v) is 16.0. The monoisotopic (exact) mass is 350 g/mol. The summed E-state index contributed by atoms with van der Waals surface area (Å²) in [5.74, 6) is -0.0789. The highest BCUT2D eigenvalue weighted by molar-refractivity contribution is 8.18. The van der Waals surface area contributed by atoms with Crippen molar-refractivity contribution in [1.82, 2.24) is 5.32 Å². The molecule has 3 rings (SSSR count). The maximum absolute atomic E-state index is 12.4. The Labute approximate surface area is 153 Å². The van der Waals surface area contributed by atoms with Gasteiger partial charge in [-0.1, -0.05) is 30.3 Å². The van der Waals surface area contributed by atoms with Gasteiger partial charge in [-0.25, -0.2) is 4.99 Å². The highest BCUT2D eigenvalue weighted by Crippen LogP contribution is 2.33. The van der Waals surface area contributed by atoms with Crippen molar-refractivity contribution in [3.63, 3.8) is 0 Å². The molecule has 0 aromatic heterocycles. The Bertz CT molecular complexity index is 925. The first-order valence-corrected chi connectivity index (χ1v) is 9.10. The lowest BCUT2D eigenvalue weighted by Crippen LogP contribution is -2.19. The van der Waals surface area contributed by atoms with E-state index in [1.807, 2.05) is 32.9 Å². The Kier molecular flexibility index (Phi) is 4.82. The van der Waals surface area contributed by atoms with Crippen molar-refractivity contribution >= 4 is 34.1 Å². The quantitative estimate of drug-likeness (QED) is 0.756. The Morgan fingerprint density at radius 3 is 2.40 bits per heavy atom. The first-order chi connectivity index (χ1) is 11.8. The number of thioether (sulfide) groups is 1. The maximum Gasteiger partial charge on any atom is 0.264 e. The van der Waals surface area contributed by atoms with E-state index in [0.717, 1.165) is 28.0 Å². The fraction of sp³-hybridized carbons (Fsp3) is 0.238. The second-order valence-corrected chi connectivity index (χ2v) is 7.52. The number of hydrogen-bond acceptors (Lipinski definition) is 3. The second-order valence-electron chi connectivity index (χ2n) is 6.52.